The summed E-state index contributed by atoms with van der Waals surface area (Å²) in [4.78, 5) is 12.4. The number of anilines is 1. The van der Waals surface area contributed by atoms with Gasteiger partial charge in [0.05, 0.1) is 0 Å². The van der Waals surface area contributed by atoms with Crippen LogP contribution in [0.1, 0.15) is 16.7 Å². The van der Waals surface area contributed by atoms with E-state index in [0.717, 1.165) is 21.2 Å². The van der Waals surface area contributed by atoms with Gasteiger partial charge in [0.1, 0.15) is 24.0 Å². The predicted octanol–water partition coefficient (Wildman–Crippen LogP) is 5.88. The Kier molecular flexibility index (Phi) is 6.83. The number of carbonyl (C=O) groups excluding carboxylic acids is 1. The fourth-order valence-electron chi connectivity index (χ4n) is 2.63. The fraction of sp³-hybridized carbons (Fsp3) is 0.0833. The smallest absolute Gasteiger partial charge is 0.266 e. The lowest BCUT2D eigenvalue weighted by Crippen LogP contribution is -2.14. The maximum absolute atomic E-state index is 12.4. The first-order valence-electron chi connectivity index (χ1n) is 9.01. The lowest BCUT2D eigenvalue weighted by Gasteiger charge is -2.08. The van der Waals surface area contributed by atoms with Crippen LogP contribution in [0.4, 0.5) is 5.69 Å². The van der Waals surface area contributed by atoms with Gasteiger partial charge in [-0.2, -0.15) is 5.26 Å². The summed E-state index contributed by atoms with van der Waals surface area (Å²) < 4.78 is 6.80. The first kappa shape index (κ1) is 20.4. The van der Waals surface area contributed by atoms with Crippen LogP contribution in [0.3, 0.4) is 0 Å². The second-order valence-electron chi connectivity index (χ2n) is 6.42. The summed E-state index contributed by atoms with van der Waals surface area (Å²) >= 11 is 3.41. The van der Waals surface area contributed by atoms with Crippen molar-refractivity contribution in [3.05, 3.63) is 99.5 Å². The molecule has 0 saturated heterocycles. The maximum atomic E-state index is 12.4. The zero-order chi connectivity index (χ0) is 20.6. The van der Waals surface area contributed by atoms with E-state index in [-0.39, 0.29) is 5.57 Å². The number of halogens is 1. The highest BCUT2D eigenvalue weighted by Gasteiger charge is 2.10. The summed E-state index contributed by atoms with van der Waals surface area (Å²) in [5.41, 5.74) is 3.48. The lowest BCUT2D eigenvalue weighted by molar-refractivity contribution is -0.112. The van der Waals surface area contributed by atoms with Crippen molar-refractivity contribution in [3.63, 3.8) is 0 Å². The summed E-state index contributed by atoms with van der Waals surface area (Å²) in [5.74, 6) is 0.283. The molecule has 1 N–H and O–H groups in total. The number of aryl methyl sites for hydroxylation is 1. The number of nitrogens with zero attached hydrogens (tertiary/aromatic N) is 1. The van der Waals surface area contributed by atoms with Gasteiger partial charge in [-0.25, -0.2) is 0 Å². The van der Waals surface area contributed by atoms with E-state index < -0.39 is 5.91 Å². The molecule has 0 heterocycles. The molecule has 0 spiro atoms. The van der Waals surface area contributed by atoms with E-state index in [9.17, 15) is 10.1 Å². The first-order chi connectivity index (χ1) is 14.0. The van der Waals surface area contributed by atoms with E-state index in [1.807, 2.05) is 79.7 Å². The normalized spacial score (nSPS) is 10.9. The molecule has 0 unspecified atom stereocenters. The Labute approximate surface area is 178 Å². The molecule has 29 heavy (non-hydrogen) atoms. The van der Waals surface area contributed by atoms with Crippen molar-refractivity contribution in [2.45, 2.75) is 13.5 Å². The monoisotopic (exact) mass is 446 g/mol. The maximum Gasteiger partial charge on any atom is 0.266 e. The number of nitriles is 1. The summed E-state index contributed by atoms with van der Waals surface area (Å²) in [6.45, 7) is 2.36. The number of hydrogen-bond donors (Lipinski definition) is 1. The van der Waals surface area contributed by atoms with Crippen molar-refractivity contribution >= 4 is 33.6 Å². The minimum atomic E-state index is -0.433. The van der Waals surface area contributed by atoms with Gasteiger partial charge in [0.25, 0.3) is 5.91 Å². The second-order valence-corrected chi connectivity index (χ2v) is 7.34. The topological polar surface area (TPSA) is 62.1 Å². The van der Waals surface area contributed by atoms with E-state index in [4.69, 9.17) is 4.74 Å². The van der Waals surface area contributed by atoms with Crippen LogP contribution in [0.5, 0.6) is 5.75 Å². The van der Waals surface area contributed by atoms with Crippen LogP contribution in [0.2, 0.25) is 0 Å². The molecule has 0 radical (unpaired) electrons. The van der Waals surface area contributed by atoms with Gasteiger partial charge in [0, 0.05) is 10.2 Å². The number of amides is 1. The van der Waals surface area contributed by atoms with Crippen LogP contribution >= 0.6 is 15.9 Å². The minimum Gasteiger partial charge on any atom is -0.489 e. The molecule has 5 heteroatoms. The molecule has 0 aliphatic heterocycles. The van der Waals surface area contributed by atoms with Crippen molar-refractivity contribution < 1.29 is 9.53 Å². The summed E-state index contributed by atoms with van der Waals surface area (Å²) in [6, 6.07) is 24.6. The molecule has 0 fully saturated rings. The third-order valence-electron chi connectivity index (χ3n) is 4.27. The molecule has 3 aromatic rings. The molecule has 0 atom stereocenters. The highest BCUT2D eigenvalue weighted by atomic mass is 79.9. The van der Waals surface area contributed by atoms with Gasteiger partial charge in [-0.1, -0.05) is 58.4 Å². The number of para-hydroxylation sites is 1. The second kappa shape index (κ2) is 9.72. The van der Waals surface area contributed by atoms with Crippen molar-refractivity contribution in [1.82, 2.24) is 0 Å². The predicted molar refractivity (Wildman–Crippen MR) is 118 cm³/mol. The standard InChI is InChI=1S/C24H19BrN2O2/c1-17-4-2-3-5-23(17)27-24(28)20(15-26)14-18-8-12-22(13-9-18)29-16-19-6-10-21(25)11-7-19/h2-14H,16H2,1H3,(H,27,28)/b20-14-. The lowest BCUT2D eigenvalue weighted by atomic mass is 10.1. The van der Waals surface area contributed by atoms with Crippen molar-refractivity contribution in [3.8, 4) is 11.8 Å². The van der Waals surface area contributed by atoms with E-state index in [1.54, 1.807) is 12.1 Å². The highest BCUT2D eigenvalue weighted by molar-refractivity contribution is 9.10. The number of nitrogens with one attached hydrogen (secondary N) is 1. The quantitative estimate of drug-likeness (QED) is 0.379. The Morgan fingerprint density at radius 2 is 1.76 bits per heavy atom. The molecular formula is C24H19BrN2O2. The van der Waals surface area contributed by atoms with Crippen LogP contribution in [0, 0.1) is 18.3 Å². The van der Waals surface area contributed by atoms with Gasteiger partial charge in [-0.15, -0.1) is 0 Å². The van der Waals surface area contributed by atoms with Gasteiger partial charge < -0.3 is 10.1 Å². The zero-order valence-electron chi connectivity index (χ0n) is 15.9. The Hall–Kier alpha value is -3.36. The van der Waals surface area contributed by atoms with Crippen LogP contribution < -0.4 is 10.1 Å². The van der Waals surface area contributed by atoms with Gasteiger partial charge in [0.2, 0.25) is 0 Å². The van der Waals surface area contributed by atoms with Crippen LogP contribution in [0.15, 0.2) is 82.8 Å². The Morgan fingerprint density at radius 3 is 2.41 bits per heavy atom. The largest absolute Gasteiger partial charge is 0.489 e. The average molecular weight is 447 g/mol. The Balaban J connectivity index is 1.65. The molecule has 0 saturated carbocycles. The molecule has 3 rings (SSSR count). The SMILES string of the molecule is Cc1ccccc1NC(=O)/C(C#N)=C\c1ccc(OCc2ccc(Br)cc2)cc1. The number of ether oxygens (including phenoxy) is 1. The molecule has 0 aromatic heterocycles. The average Bonchev–Trinajstić information content (AvgIpc) is 2.74. The summed E-state index contributed by atoms with van der Waals surface area (Å²) in [6.07, 6.45) is 1.56. The van der Waals surface area contributed by atoms with E-state index >= 15 is 0 Å². The molecule has 3 aromatic carbocycles. The summed E-state index contributed by atoms with van der Waals surface area (Å²) in [5, 5.41) is 12.2. The summed E-state index contributed by atoms with van der Waals surface area (Å²) in [7, 11) is 0. The third kappa shape index (κ3) is 5.81. The molecular weight excluding hydrogens is 428 g/mol. The van der Waals surface area contributed by atoms with E-state index in [0.29, 0.717) is 18.0 Å². The number of hydrogen-bond acceptors (Lipinski definition) is 3. The molecule has 0 aliphatic carbocycles. The van der Waals surface area contributed by atoms with Crippen LogP contribution in [-0.4, -0.2) is 5.91 Å². The zero-order valence-corrected chi connectivity index (χ0v) is 17.4. The number of rotatable bonds is 6. The van der Waals surface area contributed by atoms with Crippen LogP contribution in [-0.2, 0) is 11.4 Å². The molecule has 0 bridgehead atoms. The molecule has 0 aliphatic rings. The molecule has 1 amide bonds. The van der Waals surface area contributed by atoms with Gasteiger partial charge in [-0.05, 0) is 60.0 Å². The van der Waals surface area contributed by atoms with Crippen molar-refractivity contribution in [2.75, 3.05) is 5.32 Å². The van der Waals surface area contributed by atoms with E-state index in [1.165, 1.54) is 0 Å². The number of carbonyl (C=O) groups is 1. The minimum absolute atomic E-state index is 0.0387. The Bertz CT molecular complexity index is 1070. The molecule has 144 valence electrons. The number of benzene rings is 3. The highest BCUT2D eigenvalue weighted by Crippen LogP contribution is 2.19. The first-order valence-corrected chi connectivity index (χ1v) is 9.80. The van der Waals surface area contributed by atoms with E-state index in [2.05, 4.69) is 21.2 Å². The fourth-order valence-corrected chi connectivity index (χ4v) is 2.89. The van der Waals surface area contributed by atoms with Crippen molar-refractivity contribution in [1.29, 1.82) is 5.26 Å². The van der Waals surface area contributed by atoms with Gasteiger partial charge in [0.15, 0.2) is 0 Å². The van der Waals surface area contributed by atoms with Crippen LogP contribution in [0.25, 0.3) is 6.08 Å². The Morgan fingerprint density at radius 1 is 1.07 bits per heavy atom. The van der Waals surface area contributed by atoms with Crippen molar-refractivity contribution in [2.24, 2.45) is 0 Å². The molecule has 4 nitrogen and oxygen atoms in total. The van der Waals surface area contributed by atoms with Gasteiger partial charge in [-0.3, -0.25) is 4.79 Å². The van der Waals surface area contributed by atoms with Gasteiger partial charge >= 0.3 is 0 Å². The third-order valence-corrected chi connectivity index (χ3v) is 4.80.